The van der Waals surface area contributed by atoms with E-state index >= 15 is 0 Å². The van der Waals surface area contributed by atoms with E-state index in [2.05, 4.69) is 10.3 Å². The lowest BCUT2D eigenvalue weighted by molar-refractivity contribution is -0.225. The Morgan fingerprint density at radius 1 is 1.39 bits per heavy atom. The molecule has 0 radical (unpaired) electrons. The molecule has 1 aliphatic rings. The Morgan fingerprint density at radius 2 is 2.17 bits per heavy atom. The topological polar surface area (TPSA) is 69.7 Å². The minimum absolute atomic E-state index is 0.158. The Bertz CT molecular complexity index is 649. The van der Waals surface area contributed by atoms with Crippen molar-refractivity contribution in [1.82, 2.24) is 4.98 Å². The molecule has 0 bridgehead atoms. The molecule has 2 aromatic rings. The number of amides is 1. The van der Waals surface area contributed by atoms with Crippen LogP contribution in [0.4, 0.5) is 5.69 Å². The second-order valence-corrected chi connectivity index (χ2v) is 6.55. The lowest BCUT2D eigenvalue weighted by Crippen LogP contribution is -2.45. The van der Waals surface area contributed by atoms with E-state index in [-0.39, 0.29) is 5.91 Å². The summed E-state index contributed by atoms with van der Waals surface area (Å²) >= 11 is 1.57. The van der Waals surface area contributed by atoms with Gasteiger partial charge in [-0.3, -0.25) is 4.79 Å². The van der Waals surface area contributed by atoms with Crippen LogP contribution >= 0.6 is 11.3 Å². The molecule has 1 fully saturated rings. The van der Waals surface area contributed by atoms with Crippen LogP contribution < -0.4 is 10.1 Å². The molecule has 1 amide bonds. The van der Waals surface area contributed by atoms with E-state index in [0.717, 1.165) is 4.88 Å². The molecule has 7 heteroatoms. The molecule has 1 saturated heterocycles. The number of hydrogen-bond donors (Lipinski definition) is 1. The molecule has 0 aromatic carbocycles. The van der Waals surface area contributed by atoms with Crippen molar-refractivity contribution < 1.29 is 19.0 Å². The molecule has 6 nitrogen and oxygen atoms in total. The van der Waals surface area contributed by atoms with Gasteiger partial charge in [-0.05, 0) is 24.4 Å². The SMILES string of the molecule is COc1ccc(NC(=O)C2(C)COC(c3cccs3)OC2)cn1. The van der Waals surface area contributed by atoms with Gasteiger partial charge >= 0.3 is 0 Å². The molecule has 1 N–H and O–H groups in total. The number of nitrogens with one attached hydrogen (secondary N) is 1. The Balaban J connectivity index is 1.60. The third-order valence-electron chi connectivity index (χ3n) is 3.63. The first kappa shape index (κ1) is 15.9. The summed E-state index contributed by atoms with van der Waals surface area (Å²) in [7, 11) is 1.54. The van der Waals surface area contributed by atoms with E-state index in [9.17, 15) is 4.79 Å². The number of pyridine rings is 1. The Morgan fingerprint density at radius 3 is 2.74 bits per heavy atom. The molecule has 0 atom stereocenters. The summed E-state index contributed by atoms with van der Waals surface area (Å²) < 4.78 is 16.4. The third kappa shape index (κ3) is 3.52. The normalized spacial score (nSPS) is 24.2. The van der Waals surface area contributed by atoms with Gasteiger partial charge in [-0.2, -0.15) is 0 Å². The molecular formula is C16H18N2O4S. The van der Waals surface area contributed by atoms with E-state index in [1.54, 1.807) is 36.8 Å². The van der Waals surface area contributed by atoms with Gasteiger partial charge in [0.25, 0.3) is 0 Å². The number of thiophene rings is 1. The van der Waals surface area contributed by atoms with Crippen LogP contribution in [0.25, 0.3) is 0 Å². The van der Waals surface area contributed by atoms with E-state index in [0.29, 0.717) is 24.8 Å². The number of ether oxygens (including phenoxy) is 3. The zero-order valence-corrected chi connectivity index (χ0v) is 13.8. The average Bonchev–Trinajstić information content (AvgIpc) is 3.10. The summed E-state index contributed by atoms with van der Waals surface area (Å²) in [6.07, 6.45) is 1.16. The molecule has 1 aliphatic heterocycles. The van der Waals surface area contributed by atoms with Crippen LogP contribution in [-0.2, 0) is 14.3 Å². The standard InChI is InChI=1S/C16H18N2O4S/c1-16(9-21-14(22-10-16)12-4-3-7-23-12)15(19)18-11-5-6-13(20-2)17-8-11/h3-8,14H,9-10H2,1-2H3,(H,18,19). The number of carbonyl (C=O) groups excluding carboxylic acids is 1. The van der Waals surface area contributed by atoms with Gasteiger partial charge in [0.15, 0.2) is 6.29 Å². The molecule has 3 heterocycles. The van der Waals surface area contributed by atoms with Gasteiger partial charge in [0.1, 0.15) is 0 Å². The highest BCUT2D eigenvalue weighted by Crippen LogP contribution is 2.34. The molecule has 0 aliphatic carbocycles. The van der Waals surface area contributed by atoms with Gasteiger partial charge < -0.3 is 19.5 Å². The molecule has 23 heavy (non-hydrogen) atoms. The highest BCUT2D eigenvalue weighted by Gasteiger charge is 2.40. The molecule has 2 aromatic heterocycles. The van der Waals surface area contributed by atoms with Crippen LogP contribution in [0.3, 0.4) is 0 Å². The van der Waals surface area contributed by atoms with Crippen molar-refractivity contribution in [2.45, 2.75) is 13.2 Å². The Hall–Kier alpha value is -1.96. The Kier molecular flexibility index (Phi) is 4.61. The van der Waals surface area contributed by atoms with Gasteiger partial charge in [0, 0.05) is 6.07 Å². The van der Waals surface area contributed by atoms with Gasteiger partial charge in [-0.1, -0.05) is 6.07 Å². The van der Waals surface area contributed by atoms with Crippen LogP contribution in [0, 0.1) is 5.41 Å². The quantitative estimate of drug-likeness (QED) is 0.931. The van der Waals surface area contributed by atoms with Crippen molar-refractivity contribution in [2.75, 3.05) is 25.6 Å². The summed E-state index contributed by atoms with van der Waals surface area (Å²) in [5.74, 6) is 0.339. The maximum atomic E-state index is 12.5. The van der Waals surface area contributed by atoms with Gasteiger partial charge in [0.05, 0.1) is 42.5 Å². The minimum Gasteiger partial charge on any atom is -0.481 e. The summed E-state index contributed by atoms with van der Waals surface area (Å²) in [6, 6.07) is 7.34. The van der Waals surface area contributed by atoms with Gasteiger partial charge in [-0.25, -0.2) is 4.98 Å². The summed E-state index contributed by atoms with van der Waals surface area (Å²) in [4.78, 5) is 17.6. The van der Waals surface area contributed by atoms with Crippen LogP contribution in [0.2, 0.25) is 0 Å². The van der Waals surface area contributed by atoms with E-state index in [1.807, 2.05) is 24.4 Å². The maximum absolute atomic E-state index is 12.5. The van der Waals surface area contributed by atoms with Crippen LogP contribution in [0.1, 0.15) is 18.1 Å². The smallest absolute Gasteiger partial charge is 0.235 e. The van der Waals surface area contributed by atoms with Gasteiger partial charge in [0.2, 0.25) is 11.8 Å². The van der Waals surface area contributed by atoms with E-state index in [1.165, 1.54) is 0 Å². The number of rotatable bonds is 4. The van der Waals surface area contributed by atoms with Crippen molar-refractivity contribution in [2.24, 2.45) is 5.41 Å². The van der Waals surface area contributed by atoms with Crippen molar-refractivity contribution in [1.29, 1.82) is 0 Å². The maximum Gasteiger partial charge on any atom is 0.235 e. The molecule has 0 spiro atoms. The largest absolute Gasteiger partial charge is 0.481 e. The zero-order valence-electron chi connectivity index (χ0n) is 12.9. The number of anilines is 1. The molecule has 0 saturated carbocycles. The Labute approximate surface area is 138 Å². The van der Waals surface area contributed by atoms with Crippen LogP contribution in [0.5, 0.6) is 5.88 Å². The molecule has 0 unspecified atom stereocenters. The summed E-state index contributed by atoms with van der Waals surface area (Å²) in [6.45, 7) is 2.42. The predicted molar refractivity (Wildman–Crippen MR) is 86.5 cm³/mol. The fraction of sp³-hybridized carbons (Fsp3) is 0.375. The van der Waals surface area contributed by atoms with Crippen LogP contribution in [-0.4, -0.2) is 31.2 Å². The van der Waals surface area contributed by atoms with Gasteiger partial charge in [-0.15, -0.1) is 11.3 Å². The number of hydrogen-bond acceptors (Lipinski definition) is 6. The number of nitrogens with zero attached hydrogens (tertiary/aromatic N) is 1. The van der Waals surface area contributed by atoms with E-state index in [4.69, 9.17) is 14.2 Å². The third-order valence-corrected chi connectivity index (χ3v) is 4.53. The molecule has 3 rings (SSSR count). The summed E-state index contributed by atoms with van der Waals surface area (Å²) in [5.41, 5.74) is -0.134. The number of methoxy groups -OCH3 is 1. The lowest BCUT2D eigenvalue weighted by Gasteiger charge is -2.35. The van der Waals surface area contributed by atoms with Crippen molar-refractivity contribution in [3.05, 3.63) is 40.7 Å². The first-order valence-corrected chi connectivity index (χ1v) is 8.07. The predicted octanol–water partition coefficient (Wildman–Crippen LogP) is 2.84. The first-order chi connectivity index (χ1) is 11.1. The fourth-order valence-corrected chi connectivity index (χ4v) is 2.91. The highest BCUT2D eigenvalue weighted by atomic mass is 32.1. The van der Waals surface area contributed by atoms with Crippen LogP contribution in [0.15, 0.2) is 35.8 Å². The molecule has 122 valence electrons. The monoisotopic (exact) mass is 334 g/mol. The second kappa shape index (κ2) is 6.66. The highest BCUT2D eigenvalue weighted by molar-refractivity contribution is 7.10. The summed E-state index contributed by atoms with van der Waals surface area (Å²) in [5, 5.41) is 4.81. The van der Waals surface area contributed by atoms with Crippen molar-refractivity contribution >= 4 is 22.9 Å². The molecular weight excluding hydrogens is 316 g/mol. The zero-order chi connectivity index (χ0) is 16.3. The van der Waals surface area contributed by atoms with E-state index < -0.39 is 11.7 Å². The number of aromatic nitrogens is 1. The average molecular weight is 334 g/mol. The minimum atomic E-state index is -0.742. The first-order valence-electron chi connectivity index (χ1n) is 7.19. The number of carbonyl (C=O) groups is 1. The van der Waals surface area contributed by atoms with Crippen molar-refractivity contribution in [3.8, 4) is 5.88 Å². The second-order valence-electron chi connectivity index (χ2n) is 5.57. The fourth-order valence-electron chi connectivity index (χ4n) is 2.19. The van der Waals surface area contributed by atoms with Crippen molar-refractivity contribution in [3.63, 3.8) is 0 Å². The lowest BCUT2D eigenvalue weighted by atomic mass is 9.91.